The van der Waals surface area contributed by atoms with E-state index in [1.54, 1.807) is 0 Å². The molecule has 198 valence electrons. The molecule has 3 aromatic carbocycles. The standard InChI is InChI=1S/C29H34O6S2/c1-21-7-10-23(11-8-21)24-12-14-26-25-13-9-22(2)19-27(25)29(28(26)20-24,15-3-5-17-36(30,31)32)16-4-6-18-37(33,34)35/h7-14,19-20H,3-6,15-18H2,1-2H3,(H,30,31,32)(H,33,34,35). The molecule has 3 aromatic rings. The second-order valence-electron chi connectivity index (χ2n) is 10.2. The predicted molar refractivity (Wildman–Crippen MR) is 148 cm³/mol. The molecule has 0 atom stereocenters. The van der Waals surface area contributed by atoms with E-state index >= 15 is 0 Å². The lowest BCUT2D eigenvalue weighted by molar-refractivity contribution is 0.409. The van der Waals surface area contributed by atoms with Crippen LogP contribution in [0.3, 0.4) is 0 Å². The minimum absolute atomic E-state index is 0.289. The summed E-state index contributed by atoms with van der Waals surface area (Å²) < 4.78 is 63.9. The van der Waals surface area contributed by atoms with E-state index in [-0.39, 0.29) is 11.5 Å². The molecule has 2 N–H and O–H groups in total. The molecule has 0 aromatic heterocycles. The number of rotatable bonds is 11. The van der Waals surface area contributed by atoms with Crippen molar-refractivity contribution in [3.8, 4) is 22.3 Å². The van der Waals surface area contributed by atoms with Gasteiger partial charge in [-0.3, -0.25) is 9.11 Å². The van der Waals surface area contributed by atoms with E-state index < -0.39 is 25.7 Å². The molecule has 0 fully saturated rings. The number of aryl methyl sites for hydroxylation is 2. The van der Waals surface area contributed by atoms with Crippen LogP contribution in [0.1, 0.15) is 60.8 Å². The summed E-state index contributed by atoms with van der Waals surface area (Å²) in [6.07, 6.45) is 3.16. The Morgan fingerprint density at radius 1 is 0.595 bits per heavy atom. The first-order valence-corrected chi connectivity index (χ1v) is 15.8. The zero-order valence-electron chi connectivity index (χ0n) is 21.3. The Balaban J connectivity index is 1.79. The summed E-state index contributed by atoms with van der Waals surface area (Å²) in [4.78, 5) is 0. The maximum atomic E-state index is 11.4. The number of hydrogen-bond donors (Lipinski definition) is 2. The first-order chi connectivity index (χ1) is 17.4. The molecular weight excluding hydrogens is 508 g/mol. The SMILES string of the molecule is Cc1ccc(-c2ccc3c(c2)C(CCCCS(=O)(=O)O)(CCCCS(=O)(=O)O)c2cc(C)ccc2-3)cc1. The number of hydrogen-bond acceptors (Lipinski definition) is 4. The van der Waals surface area contributed by atoms with Crippen molar-refractivity contribution in [2.24, 2.45) is 0 Å². The van der Waals surface area contributed by atoms with Gasteiger partial charge in [-0.15, -0.1) is 0 Å². The topological polar surface area (TPSA) is 109 Å². The second kappa shape index (κ2) is 10.7. The van der Waals surface area contributed by atoms with Gasteiger partial charge >= 0.3 is 0 Å². The Bertz CT molecular complexity index is 1450. The molecule has 8 heteroatoms. The van der Waals surface area contributed by atoms with Crippen LogP contribution < -0.4 is 0 Å². The van der Waals surface area contributed by atoms with Crippen LogP contribution in [0.5, 0.6) is 0 Å². The van der Waals surface area contributed by atoms with Crippen LogP contribution in [0, 0.1) is 13.8 Å². The first kappa shape index (κ1) is 27.5. The molecule has 4 rings (SSSR count). The summed E-state index contributed by atoms with van der Waals surface area (Å²) >= 11 is 0. The Kier molecular flexibility index (Phi) is 7.95. The molecule has 0 unspecified atom stereocenters. The molecule has 0 radical (unpaired) electrons. The van der Waals surface area contributed by atoms with E-state index in [1.807, 2.05) is 6.92 Å². The monoisotopic (exact) mass is 542 g/mol. The van der Waals surface area contributed by atoms with Crippen LogP contribution in [0.2, 0.25) is 0 Å². The average Bonchev–Trinajstić information content (AvgIpc) is 3.07. The number of benzene rings is 3. The van der Waals surface area contributed by atoms with E-state index in [9.17, 15) is 25.9 Å². The van der Waals surface area contributed by atoms with Crippen molar-refractivity contribution >= 4 is 20.2 Å². The second-order valence-corrected chi connectivity index (χ2v) is 13.4. The van der Waals surface area contributed by atoms with Gasteiger partial charge in [-0.2, -0.15) is 16.8 Å². The van der Waals surface area contributed by atoms with Crippen LogP contribution in [0.15, 0.2) is 60.7 Å². The summed E-state index contributed by atoms with van der Waals surface area (Å²) in [5.41, 5.74) is 8.65. The van der Waals surface area contributed by atoms with Gasteiger partial charge < -0.3 is 0 Å². The molecule has 0 heterocycles. The quantitative estimate of drug-likeness (QED) is 0.216. The van der Waals surface area contributed by atoms with Crippen molar-refractivity contribution in [2.45, 2.75) is 57.8 Å². The fraction of sp³-hybridized carbons (Fsp3) is 0.379. The lowest BCUT2D eigenvalue weighted by Crippen LogP contribution is -2.26. The fourth-order valence-electron chi connectivity index (χ4n) is 5.62. The number of fused-ring (bicyclic) bond motifs is 3. The van der Waals surface area contributed by atoms with E-state index in [0.717, 1.165) is 33.4 Å². The third kappa shape index (κ3) is 6.49. The highest BCUT2D eigenvalue weighted by Crippen LogP contribution is 2.55. The van der Waals surface area contributed by atoms with Crippen LogP contribution in [-0.2, 0) is 25.7 Å². The lowest BCUT2D eigenvalue weighted by atomic mass is 9.70. The summed E-state index contributed by atoms with van der Waals surface area (Å²) in [6, 6.07) is 21.3. The van der Waals surface area contributed by atoms with Gasteiger partial charge in [0, 0.05) is 5.41 Å². The highest BCUT2D eigenvalue weighted by Gasteiger charge is 2.42. The van der Waals surface area contributed by atoms with Gasteiger partial charge in [0.25, 0.3) is 20.2 Å². The van der Waals surface area contributed by atoms with Gasteiger partial charge in [0.05, 0.1) is 11.5 Å². The van der Waals surface area contributed by atoms with Gasteiger partial charge in [0.2, 0.25) is 0 Å². The number of unbranched alkanes of at least 4 members (excludes halogenated alkanes) is 2. The normalized spacial score (nSPS) is 14.4. The van der Waals surface area contributed by atoms with Crippen LogP contribution in [-0.4, -0.2) is 37.4 Å². The first-order valence-electron chi connectivity index (χ1n) is 12.6. The summed E-state index contributed by atoms with van der Waals surface area (Å²) in [7, 11) is -8.09. The Labute approximate surface area is 220 Å². The van der Waals surface area contributed by atoms with Crippen LogP contribution >= 0.6 is 0 Å². The van der Waals surface area contributed by atoms with Crippen molar-refractivity contribution in [1.82, 2.24) is 0 Å². The molecule has 0 bridgehead atoms. The molecule has 0 aliphatic heterocycles. The zero-order valence-corrected chi connectivity index (χ0v) is 22.9. The van der Waals surface area contributed by atoms with Gasteiger partial charge in [-0.25, -0.2) is 0 Å². The summed E-state index contributed by atoms with van der Waals surface area (Å²) in [5.74, 6) is -0.578. The Morgan fingerprint density at radius 2 is 1.05 bits per heavy atom. The van der Waals surface area contributed by atoms with Crippen LogP contribution in [0.25, 0.3) is 22.3 Å². The van der Waals surface area contributed by atoms with Crippen molar-refractivity contribution in [1.29, 1.82) is 0 Å². The summed E-state index contributed by atoms with van der Waals surface area (Å²) in [6.45, 7) is 4.10. The molecule has 6 nitrogen and oxygen atoms in total. The molecule has 0 amide bonds. The molecule has 1 aliphatic rings. The van der Waals surface area contributed by atoms with Crippen molar-refractivity contribution in [3.63, 3.8) is 0 Å². The molecular formula is C29H34O6S2. The van der Waals surface area contributed by atoms with Crippen molar-refractivity contribution in [3.05, 3.63) is 82.9 Å². The van der Waals surface area contributed by atoms with Crippen molar-refractivity contribution in [2.75, 3.05) is 11.5 Å². The smallest absolute Gasteiger partial charge is 0.264 e. The maximum Gasteiger partial charge on any atom is 0.264 e. The predicted octanol–water partition coefficient (Wildman–Crippen LogP) is 6.35. The minimum atomic E-state index is -4.05. The Morgan fingerprint density at radius 3 is 1.59 bits per heavy atom. The van der Waals surface area contributed by atoms with E-state index in [1.165, 1.54) is 11.1 Å². The van der Waals surface area contributed by atoms with Gasteiger partial charge in [0.15, 0.2) is 0 Å². The lowest BCUT2D eigenvalue weighted by Gasteiger charge is -2.33. The van der Waals surface area contributed by atoms with E-state index in [2.05, 4.69) is 67.6 Å². The maximum absolute atomic E-state index is 11.4. The third-order valence-corrected chi connectivity index (χ3v) is 9.02. The van der Waals surface area contributed by atoms with Gasteiger partial charge in [0.1, 0.15) is 0 Å². The van der Waals surface area contributed by atoms with E-state index in [0.29, 0.717) is 38.5 Å². The van der Waals surface area contributed by atoms with E-state index in [4.69, 9.17) is 0 Å². The largest absolute Gasteiger partial charge is 0.286 e. The van der Waals surface area contributed by atoms with Crippen molar-refractivity contribution < 1.29 is 25.9 Å². The zero-order chi connectivity index (χ0) is 26.8. The van der Waals surface area contributed by atoms with Crippen LogP contribution in [0.4, 0.5) is 0 Å². The fourth-order valence-corrected chi connectivity index (χ4v) is 6.76. The highest BCUT2D eigenvalue weighted by atomic mass is 32.2. The molecule has 0 saturated carbocycles. The molecule has 1 aliphatic carbocycles. The minimum Gasteiger partial charge on any atom is -0.286 e. The Hall–Kier alpha value is -2.52. The molecule has 37 heavy (non-hydrogen) atoms. The average molecular weight is 543 g/mol. The summed E-state index contributed by atoms with van der Waals surface area (Å²) in [5, 5.41) is 0. The molecule has 0 saturated heterocycles. The molecule has 0 spiro atoms. The third-order valence-electron chi connectivity index (χ3n) is 7.41. The van der Waals surface area contributed by atoms with Gasteiger partial charge in [-0.1, -0.05) is 78.6 Å². The van der Waals surface area contributed by atoms with Gasteiger partial charge in [-0.05, 0) is 79.0 Å². The highest BCUT2D eigenvalue weighted by molar-refractivity contribution is 7.86.